The summed E-state index contributed by atoms with van der Waals surface area (Å²) in [5, 5.41) is 0. The molecule has 0 bridgehead atoms. The molecule has 166 valence electrons. The molecule has 2 aromatic rings. The minimum Gasteiger partial charge on any atom is -0.368 e. The maximum atomic E-state index is 13.2. The molecule has 1 aromatic carbocycles. The number of thiophene rings is 1. The molecule has 1 aromatic heterocycles. The van der Waals surface area contributed by atoms with E-state index in [2.05, 4.69) is 4.90 Å². The second-order valence-electron chi connectivity index (χ2n) is 8.26. The zero-order valence-electron chi connectivity index (χ0n) is 18.3. The topological polar surface area (TPSA) is 43.9 Å². The van der Waals surface area contributed by atoms with E-state index >= 15 is 0 Å². The molecular formula is C24H30FN3O2S. The van der Waals surface area contributed by atoms with E-state index in [0.29, 0.717) is 26.2 Å². The van der Waals surface area contributed by atoms with Crippen LogP contribution in [0.15, 0.2) is 30.3 Å². The number of halogens is 1. The smallest absolute Gasteiger partial charge is 0.263 e. The van der Waals surface area contributed by atoms with Crippen molar-refractivity contribution in [2.45, 2.75) is 33.1 Å². The zero-order valence-corrected chi connectivity index (χ0v) is 19.1. The van der Waals surface area contributed by atoms with Crippen molar-refractivity contribution in [2.24, 2.45) is 5.92 Å². The van der Waals surface area contributed by atoms with Gasteiger partial charge in [-0.1, -0.05) is 0 Å². The van der Waals surface area contributed by atoms with Crippen molar-refractivity contribution in [3.05, 3.63) is 51.5 Å². The van der Waals surface area contributed by atoms with Gasteiger partial charge < -0.3 is 14.7 Å². The Morgan fingerprint density at radius 1 is 1.10 bits per heavy atom. The predicted octanol–water partition coefficient (Wildman–Crippen LogP) is 3.82. The lowest BCUT2D eigenvalue weighted by Gasteiger charge is -2.38. The maximum absolute atomic E-state index is 13.2. The number of rotatable bonds is 5. The van der Waals surface area contributed by atoms with Crippen LogP contribution in [0, 0.1) is 11.7 Å². The average molecular weight is 444 g/mol. The molecule has 31 heavy (non-hydrogen) atoms. The summed E-state index contributed by atoms with van der Waals surface area (Å²) in [6.45, 7) is 8.32. The van der Waals surface area contributed by atoms with Crippen molar-refractivity contribution in [3.8, 4) is 0 Å². The molecule has 0 radical (unpaired) electrons. The molecule has 4 rings (SSSR count). The van der Waals surface area contributed by atoms with Crippen LogP contribution in [0.3, 0.4) is 0 Å². The fourth-order valence-corrected chi connectivity index (χ4v) is 5.78. The molecule has 1 atom stereocenters. The number of carbonyl (C=O) groups is 2. The highest BCUT2D eigenvalue weighted by molar-refractivity contribution is 7.14. The molecule has 0 saturated carbocycles. The Kier molecular flexibility index (Phi) is 6.60. The summed E-state index contributed by atoms with van der Waals surface area (Å²) in [5.41, 5.74) is 2.18. The third kappa shape index (κ3) is 4.61. The zero-order chi connectivity index (χ0) is 22.0. The van der Waals surface area contributed by atoms with Gasteiger partial charge in [-0.2, -0.15) is 0 Å². The van der Waals surface area contributed by atoms with E-state index in [1.807, 2.05) is 29.7 Å². The predicted molar refractivity (Wildman–Crippen MR) is 122 cm³/mol. The molecule has 0 N–H and O–H groups in total. The van der Waals surface area contributed by atoms with Crippen LogP contribution in [-0.4, -0.2) is 60.9 Å². The van der Waals surface area contributed by atoms with Gasteiger partial charge in [-0.3, -0.25) is 9.59 Å². The van der Waals surface area contributed by atoms with Gasteiger partial charge in [-0.05, 0) is 69.0 Å². The SMILES string of the molecule is CCN(CC)C(=O)c1cc2c(s1)CC[C@@H](C(=O)N1CCN(c3ccc(F)cc3)CC1)C2. The van der Waals surface area contributed by atoms with Gasteiger partial charge in [-0.15, -0.1) is 11.3 Å². The van der Waals surface area contributed by atoms with Crippen molar-refractivity contribution < 1.29 is 14.0 Å². The molecule has 1 aliphatic carbocycles. The summed E-state index contributed by atoms with van der Waals surface area (Å²) < 4.78 is 13.2. The minimum atomic E-state index is -0.232. The highest BCUT2D eigenvalue weighted by Gasteiger charge is 2.32. The summed E-state index contributed by atoms with van der Waals surface area (Å²) in [7, 11) is 0. The summed E-state index contributed by atoms with van der Waals surface area (Å²) >= 11 is 1.60. The second-order valence-corrected chi connectivity index (χ2v) is 9.40. The van der Waals surface area contributed by atoms with Crippen LogP contribution in [-0.2, 0) is 17.6 Å². The molecule has 2 aliphatic rings. The quantitative estimate of drug-likeness (QED) is 0.706. The number of amides is 2. The Hall–Kier alpha value is -2.41. The molecule has 1 aliphatic heterocycles. The molecule has 5 nitrogen and oxygen atoms in total. The van der Waals surface area contributed by atoms with E-state index in [0.717, 1.165) is 42.9 Å². The Morgan fingerprint density at radius 3 is 2.42 bits per heavy atom. The molecule has 2 amide bonds. The van der Waals surface area contributed by atoms with Crippen LogP contribution < -0.4 is 4.90 Å². The first-order valence-electron chi connectivity index (χ1n) is 11.2. The highest BCUT2D eigenvalue weighted by atomic mass is 32.1. The number of fused-ring (bicyclic) bond motifs is 1. The number of anilines is 1. The van der Waals surface area contributed by atoms with Crippen LogP contribution in [0.2, 0.25) is 0 Å². The lowest BCUT2D eigenvalue weighted by atomic mass is 9.87. The number of hydrogen-bond acceptors (Lipinski definition) is 4. The van der Waals surface area contributed by atoms with Crippen LogP contribution in [0.5, 0.6) is 0 Å². The van der Waals surface area contributed by atoms with Gasteiger partial charge in [0, 0.05) is 55.8 Å². The number of hydrogen-bond donors (Lipinski definition) is 0. The first kappa shape index (κ1) is 21.8. The molecule has 1 fully saturated rings. The monoisotopic (exact) mass is 443 g/mol. The third-order valence-electron chi connectivity index (χ3n) is 6.48. The number of nitrogens with zero attached hydrogens (tertiary/aromatic N) is 3. The van der Waals surface area contributed by atoms with Gasteiger partial charge in [0.2, 0.25) is 5.91 Å². The molecule has 0 unspecified atom stereocenters. The average Bonchev–Trinajstić information content (AvgIpc) is 3.23. The Balaban J connectivity index is 1.36. The number of carbonyl (C=O) groups excluding carboxylic acids is 2. The molecular weight excluding hydrogens is 413 g/mol. The van der Waals surface area contributed by atoms with Crippen molar-refractivity contribution in [3.63, 3.8) is 0 Å². The van der Waals surface area contributed by atoms with Crippen LogP contribution >= 0.6 is 11.3 Å². The van der Waals surface area contributed by atoms with Crippen molar-refractivity contribution >= 4 is 28.8 Å². The lowest BCUT2D eigenvalue weighted by Crippen LogP contribution is -2.51. The largest absolute Gasteiger partial charge is 0.368 e. The van der Waals surface area contributed by atoms with Gasteiger partial charge in [0.15, 0.2) is 0 Å². The maximum Gasteiger partial charge on any atom is 0.263 e. The lowest BCUT2D eigenvalue weighted by molar-refractivity contribution is -0.136. The minimum absolute atomic E-state index is 0.00382. The fraction of sp³-hybridized carbons (Fsp3) is 0.500. The standard InChI is InChI=1S/C24H30FN3O2S/c1-3-26(4-2)24(30)22-16-18-15-17(5-10-21(18)31-22)23(29)28-13-11-27(12-14-28)20-8-6-19(25)7-9-20/h6-9,16-17H,3-5,10-15H2,1-2H3/t17-/m1/s1. The van der Waals surface area contributed by atoms with Crippen LogP contribution in [0.25, 0.3) is 0 Å². The third-order valence-corrected chi connectivity index (χ3v) is 7.70. The Bertz CT molecular complexity index is 931. The normalized spacial score (nSPS) is 18.6. The van der Waals surface area contributed by atoms with E-state index in [1.54, 1.807) is 23.5 Å². The van der Waals surface area contributed by atoms with E-state index in [1.165, 1.54) is 22.6 Å². The number of benzene rings is 1. The van der Waals surface area contributed by atoms with Gasteiger partial charge in [0.25, 0.3) is 5.91 Å². The van der Waals surface area contributed by atoms with E-state index in [4.69, 9.17) is 0 Å². The first-order valence-corrected chi connectivity index (χ1v) is 12.0. The summed E-state index contributed by atoms with van der Waals surface area (Å²) in [6.07, 6.45) is 2.45. The van der Waals surface area contributed by atoms with Gasteiger partial charge >= 0.3 is 0 Å². The van der Waals surface area contributed by atoms with Gasteiger partial charge in [-0.25, -0.2) is 4.39 Å². The number of aryl methyl sites for hydroxylation is 1. The fourth-order valence-electron chi connectivity index (χ4n) is 4.60. The van der Waals surface area contributed by atoms with Gasteiger partial charge in [0.1, 0.15) is 5.82 Å². The molecule has 1 saturated heterocycles. The Labute approximate surface area is 187 Å². The van der Waals surface area contributed by atoms with Crippen molar-refractivity contribution in [2.75, 3.05) is 44.2 Å². The molecule has 7 heteroatoms. The number of piperazine rings is 1. The van der Waals surface area contributed by atoms with E-state index < -0.39 is 0 Å². The Morgan fingerprint density at radius 2 is 1.77 bits per heavy atom. The highest BCUT2D eigenvalue weighted by Crippen LogP contribution is 2.34. The second kappa shape index (κ2) is 9.39. The van der Waals surface area contributed by atoms with E-state index in [9.17, 15) is 14.0 Å². The van der Waals surface area contributed by atoms with Crippen LogP contribution in [0.1, 0.15) is 40.4 Å². The van der Waals surface area contributed by atoms with Crippen molar-refractivity contribution in [1.82, 2.24) is 9.80 Å². The molecule has 0 spiro atoms. The van der Waals surface area contributed by atoms with Crippen molar-refractivity contribution in [1.29, 1.82) is 0 Å². The summed E-state index contributed by atoms with van der Waals surface area (Å²) in [5.74, 6) is 0.0944. The van der Waals surface area contributed by atoms with Crippen LogP contribution in [0.4, 0.5) is 10.1 Å². The molecule has 2 heterocycles. The summed E-state index contributed by atoms with van der Waals surface area (Å²) in [6, 6.07) is 8.57. The van der Waals surface area contributed by atoms with Gasteiger partial charge in [0.05, 0.1) is 4.88 Å². The van der Waals surface area contributed by atoms with E-state index in [-0.39, 0.29) is 23.5 Å². The summed E-state index contributed by atoms with van der Waals surface area (Å²) in [4.78, 5) is 34.0. The first-order chi connectivity index (χ1) is 15.0.